The normalized spacial score (nSPS) is 13.1. The van der Waals surface area contributed by atoms with Crippen LogP contribution in [0.1, 0.15) is 27.1 Å². The Morgan fingerprint density at radius 2 is 1.71 bits per heavy atom. The second kappa shape index (κ2) is 7.40. The van der Waals surface area contributed by atoms with Crippen LogP contribution in [0.2, 0.25) is 0 Å². The van der Waals surface area contributed by atoms with Gasteiger partial charge in [0.15, 0.2) is 0 Å². The standard InChI is InChI=1S/C21H14FN5O3S/c22-13-7-5-12(6-8-13)16-11-31-21-24-20(25-27(16)21)23-17(28)9-10-26-18(29)14-3-1-2-4-15(14)19(26)30/h1-8,11H,9-10H2,(H,23,25,28). The van der Waals surface area contributed by atoms with Gasteiger partial charge in [-0.05, 0) is 36.4 Å². The molecule has 2 aromatic heterocycles. The van der Waals surface area contributed by atoms with Crippen LogP contribution in [0.5, 0.6) is 0 Å². The van der Waals surface area contributed by atoms with Crippen LogP contribution < -0.4 is 5.32 Å². The van der Waals surface area contributed by atoms with Crippen LogP contribution in [-0.2, 0) is 4.79 Å². The number of hydrogen-bond donors (Lipinski definition) is 1. The minimum atomic E-state index is -0.418. The third kappa shape index (κ3) is 3.36. The molecule has 0 fully saturated rings. The first kappa shape index (κ1) is 19.1. The Labute approximate surface area is 178 Å². The quantitative estimate of drug-likeness (QED) is 0.486. The zero-order chi connectivity index (χ0) is 21.5. The predicted molar refractivity (Wildman–Crippen MR) is 111 cm³/mol. The molecule has 0 saturated heterocycles. The average Bonchev–Trinajstić information content (AvgIpc) is 3.40. The molecule has 1 aliphatic rings. The van der Waals surface area contributed by atoms with Gasteiger partial charge in [0.1, 0.15) is 5.82 Å². The van der Waals surface area contributed by atoms with E-state index in [1.54, 1.807) is 40.9 Å². The van der Waals surface area contributed by atoms with Crippen LogP contribution in [0, 0.1) is 5.82 Å². The van der Waals surface area contributed by atoms with Crippen LogP contribution in [0.4, 0.5) is 10.3 Å². The summed E-state index contributed by atoms with van der Waals surface area (Å²) in [4.78, 5) is 43.0. The van der Waals surface area contributed by atoms with E-state index in [0.29, 0.717) is 16.1 Å². The van der Waals surface area contributed by atoms with Crippen LogP contribution in [-0.4, -0.2) is 43.8 Å². The van der Waals surface area contributed by atoms with Gasteiger partial charge >= 0.3 is 0 Å². The van der Waals surface area contributed by atoms with Gasteiger partial charge < -0.3 is 0 Å². The molecule has 3 heterocycles. The van der Waals surface area contributed by atoms with Crippen LogP contribution >= 0.6 is 11.3 Å². The number of rotatable bonds is 5. The third-order valence-corrected chi connectivity index (χ3v) is 5.73. The maximum Gasteiger partial charge on any atom is 0.261 e. The van der Waals surface area contributed by atoms with Gasteiger partial charge in [0.25, 0.3) is 11.8 Å². The Morgan fingerprint density at radius 1 is 1.03 bits per heavy atom. The molecule has 8 nitrogen and oxygen atoms in total. The zero-order valence-corrected chi connectivity index (χ0v) is 16.7. The summed E-state index contributed by atoms with van der Waals surface area (Å²) in [6.45, 7) is -0.0404. The Balaban J connectivity index is 1.27. The van der Waals surface area contributed by atoms with Crippen molar-refractivity contribution in [3.63, 3.8) is 0 Å². The minimum absolute atomic E-state index is 0.0404. The maximum absolute atomic E-state index is 13.2. The molecule has 0 atom stereocenters. The fraction of sp³-hybridized carbons (Fsp3) is 0.0952. The van der Waals surface area contributed by atoms with E-state index in [-0.39, 0.29) is 24.7 Å². The number of carbonyl (C=O) groups excluding carboxylic acids is 3. The van der Waals surface area contributed by atoms with Crippen molar-refractivity contribution in [2.24, 2.45) is 0 Å². The van der Waals surface area contributed by atoms with Crippen molar-refractivity contribution < 1.29 is 18.8 Å². The van der Waals surface area contributed by atoms with Crippen molar-refractivity contribution in [1.82, 2.24) is 19.5 Å². The van der Waals surface area contributed by atoms with Crippen molar-refractivity contribution in [1.29, 1.82) is 0 Å². The van der Waals surface area contributed by atoms with Gasteiger partial charge in [-0.3, -0.25) is 24.6 Å². The van der Waals surface area contributed by atoms with Gasteiger partial charge in [-0.2, -0.15) is 4.98 Å². The van der Waals surface area contributed by atoms with Crippen LogP contribution in [0.25, 0.3) is 16.2 Å². The van der Waals surface area contributed by atoms with Crippen molar-refractivity contribution >= 4 is 40.0 Å². The summed E-state index contributed by atoms with van der Waals surface area (Å²) in [5.41, 5.74) is 2.18. The Kier molecular flexibility index (Phi) is 4.55. The number of aromatic nitrogens is 3. The summed E-state index contributed by atoms with van der Waals surface area (Å²) in [6.07, 6.45) is -0.0802. The molecule has 0 spiro atoms. The number of carbonyl (C=O) groups is 3. The molecular formula is C21H14FN5O3S. The summed E-state index contributed by atoms with van der Waals surface area (Å²) in [5, 5.41) is 8.74. The Bertz CT molecular complexity index is 1310. The van der Waals surface area contributed by atoms with Gasteiger partial charge in [-0.15, -0.1) is 16.4 Å². The highest BCUT2D eigenvalue weighted by Gasteiger charge is 2.35. The van der Waals surface area contributed by atoms with Crippen LogP contribution in [0.3, 0.4) is 0 Å². The topological polar surface area (TPSA) is 96.7 Å². The van der Waals surface area contributed by atoms with Crippen molar-refractivity contribution in [2.75, 3.05) is 11.9 Å². The SMILES string of the molecule is O=C(CCN1C(=O)c2ccccc2C1=O)Nc1nc2scc(-c3ccc(F)cc3)n2n1. The van der Waals surface area contributed by atoms with E-state index in [9.17, 15) is 18.8 Å². The second-order valence-electron chi connectivity index (χ2n) is 6.86. The lowest BCUT2D eigenvalue weighted by molar-refractivity contribution is -0.116. The fourth-order valence-corrected chi connectivity index (χ4v) is 4.23. The van der Waals surface area contributed by atoms with Crippen molar-refractivity contribution in [3.8, 4) is 11.3 Å². The molecular weight excluding hydrogens is 421 g/mol. The van der Waals surface area contributed by atoms with E-state index in [1.807, 2.05) is 5.38 Å². The summed E-state index contributed by atoms with van der Waals surface area (Å²) in [6, 6.07) is 12.6. The molecule has 154 valence electrons. The molecule has 10 heteroatoms. The first-order valence-corrected chi connectivity index (χ1v) is 10.2. The molecule has 0 bridgehead atoms. The first-order chi connectivity index (χ1) is 15.0. The van der Waals surface area contributed by atoms with Gasteiger partial charge in [0, 0.05) is 23.9 Å². The predicted octanol–water partition coefficient (Wildman–Crippen LogP) is 3.22. The van der Waals surface area contributed by atoms with Crippen molar-refractivity contribution in [3.05, 3.63) is 70.9 Å². The number of imide groups is 1. The number of nitrogens with zero attached hydrogens (tertiary/aromatic N) is 4. The van der Waals surface area contributed by atoms with E-state index >= 15 is 0 Å². The number of fused-ring (bicyclic) bond motifs is 2. The molecule has 1 N–H and O–H groups in total. The lowest BCUT2D eigenvalue weighted by Crippen LogP contribution is -2.33. The Morgan fingerprint density at radius 3 is 2.39 bits per heavy atom. The molecule has 0 radical (unpaired) electrons. The summed E-state index contributed by atoms with van der Waals surface area (Å²) < 4.78 is 14.7. The molecule has 0 aliphatic carbocycles. The monoisotopic (exact) mass is 435 g/mol. The largest absolute Gasteiger partial charge is 0.293 e. The van der Waals surface area contributed by atoms with E-state index in [0.717, 1.165) is 16.2 Å². The van der Waals surface area contributed by atoms with Gasteiger partial charge in [-0.25, -0.2) is 8.91 Å². The fourth-order valence-electron chi connectivity index (χ4n) is 3.40. The summed E-state index contributed by atoms with van der Waals surface area (Å²) in [5.74, 6) is -1.45. The average molecular weight is 435 g/mol. The third-order valence-electron chi connectivity index (χ3n) is 4.91. The van der Waals surface area contributed by atoms with Crippen molar-refractivity contribution in [2.45, 2.75) is 6.42 Å². The molecule has 5 rings (SSSR count). The van der Waals surface area contributed by atoms with Gasteiger partial charge in [-0.1, -0.05) is 12.1 Å². The van der Waals surface area contributed by atoms with E-state index in [2.05, 4.69) is 15.4 Å². The lowest BCUT2D eigenvalue weighted by Gasteiger charge is -2.12. The van der Waals surface area contributed by atoms with E-state index < -0.39 is 17.7 Å². The number of nitrogens with one attached hydrogen (secondary N) is 1. The van der Waals surface area contributed by atoms with Gasteiger partial charge in [0.05, 0.1) is 16.8 Å². The number of anilines is 1. The van der Waals surface area contributed by atoms with E-state index in [1.165, 1.54) is 23.5 Å². The second-order valence-corrected chi connectivity index (χ2v) is 7.70. The molecule has 0 saturated carbocycles. The number of thiazole rings is 1. The number of halogens is 1. The highest BCUT2D eigenvalue weighted by Crippen LogP contribution is 2.26. The maximum atomic E-state index is 13.2. The van der Waals surface area contributed by atoms with Gasteiger partial charge in [0.2, 0.25) is 16.8 Å². The van der Waals surface area contributed by atoms with E-state index in [4.69, 9.17) is 0 Å². The lowest BCUT2D eigenvalue weighted by atomic mass is 10.1. The molecule has 2 aromatic carbocycles. The number of amides is 3. The Hall–Kier alpha value is -3.92. The smallest absolute Gasteiger partial charge is 0.261 e. The molecule has 1 aliphatic heterocycles. The van der Waals surface area contributed by atoms with Crippen LogP contribution in [0.15, 0.2) is 53.9 Å². The first-order valence-electron chi connectivity index (χ1n) is 9.36. The summed E-state index contributed by atoms with van der Waals surface area (Å²) in [7, 11) is 0. The highest BCUT2D eigenvalue weighted by atomic mass is 32.1. The molecule has 0 unspecified atom stereocenters. The number of hydrogen-bond acceptors (Lipinski definition) is 6. The summed E-state index contributed by atoms with van der Waals surface area (Å²) >= 11 is 1.33. The molecule has 31 heavy (non-hydrogen) atoms. The highest BCUT2D eigenvalue weighted by molar-refractivity contribution is 7.15. The molecule has 3 amide bonds. The zero-order valence-electron chi connectivity index (χ0n) is 15.9. The number of benzene rings is 2. The minimum Gasteiger partial charge on any atom is -0.293 e. The molecule has 4 aromatic rings.